The van der Waals surface area contributed by atoms with Gasteiger partial charge in [0.2, 0.25) is 0 Å². The molecule has 0 bridgehead atoms. The Morgan fingerprint density at radius 2 is 2.04 bits per heavy atom. The van der Waals surface area contributed by atoms with E-state index >= 15 is 0 Å². The Labute approximate surface area is 158 Å². The Hall–Kier alpha value is -2.87. The highest BCUT2D eigenvalue weighted by atomic mass is 32.1. The van der Waals surface area contributed by atoms with Crippen LogP contribution in [0.3, 0.4) is 0 Å². The van der Waals surface area contributed by atoms with E-state index in [1.807, 2.05) is 13.8 Å². The molecule has 1 fully saturated rings. The molecule has 0 atom stereocenters. The van der Waals surface area contributed by atoms with Crippen molar-refractivity contribution in [1.82, 2.24) is 20.2 Å². The molecule has 136 valence electrons. The fourth-order valence-electron chi connectivity index (χ4n) is 3.31. The Morgan fingerprint density at radius 1 is 1.19 bits per heavy atom. The number of aromatic nitrogens is 4. The van der Waals surface area contributed by atoms with Crippen molar-refractivity contribution < 1.29 is 9.13 Å². The largest absolute Gasteiger partial charge is 0.487 e. The predicted molar refractivity (Wildman–Crippen MR) is 103 cm³/mol. The SMILES string of the molecule is Cc1nnc2sc3c(N4CC(Oc5cccc(F)c5)C4)ncnc3c2c1C. The number of thiophene rings is 1. The summed E-state index contributed by atoms with van der Waals surface area (Å²) in [7, 11) is 0. The molecule has 0 aliphatic carbocycles. The zero-order valence-corrected chi connectivity index (χ0v) is 15.6. The summed E-state index contributed by atoms with van der Waals surface area (Å²) in [5.41, 5.74) is 2.94. The summed E-state index contributed by atoms with van der Waals surface area (Å²) in [6.07, 6.45) is 1.61. The molecule has 8 heteroatoms. The van der Waals surface area contributed by atoms with Gasteiger partial charge in [-0.05, 0) is 31.5 Å². The number of nitrogens with zero attached hydrogens (tertiary/aromatic N) is 5. The third-order valence-corrected chi connectivity index (χ3v) is 5.95. The Kier molecular flexibility index (Phi) is 3.68. The minimum Gasteiger partial charge on any atom is -0.487 e. The molecule has 0 saturated carbocycles. The highest BCUT2D eigenvalue weighted by Gasteiger charge is 2.32. The third-order valence-electron chi connectivity index (χ3n) is 4.89. The Morgan fingerprint density at radius 3 is 2.85 bits per heavy atom. The molecule has 0 unspecified atom stereocenters. The highest BCUT2D eigenvalue weighted by molar-refractivity contribution is 7.26. The van der Waals surface area contributed by atoms with Crippen LogP contribution in [0.15, 0.2) is 30.6 Å². The van der Waals surface area contributed by atoms with E-state index in [0.29, 0.717) is 18.8 Å². The van der Waals surface area contributed by atoms with Gasteiger partial charge in [-0.25, -0.2) is 14.4 Å². The van der Waals surface area contributed by atoms with Gasteiger partial charge in [0.05, 0.1) is 29.0 Å². The van der Waals surface area contributed by atoms with E-state index in [2.05, 4.69) is 25.1 Å². The third kappa shape index (κ3) is 2.68. The Balaban J connectivity index is 1.44. The molecule has 1 aromatic carbocycles. The van der Waals surface area contributed by atoms with Gasteiger partial charge in [0.15, 0.2) is 0 Å². The molecule has 1 aliphatic rings. The van der Waals surface area contributed by atoms with E-state index in [4.69, 9.17) is 4.74 Å². The fourth-order valence-corrected chi connectivity index (χ4v) is 4.47. The minimum atomic E-state index is -0.293. The van der Waals surface area contributed by atoms with E-state index in [9.17, 15) is 4.39 Å². The maximum atomic E-state index is 13.3. The molecule has 27 heavy (non-hydrogen) atoms. The van der Waals surface area contributed by atoms with Crippen molar-refractivity contribution in [2.75, 3.05) is 18.0 Å². The number of hydrogen-bond donors (Lipinski definition) is 0. The first-order chi connectivity index (χ1) is 13.1. The smallest absolute Gasteiger partial charge is 0.150 e. The maximum absolute atomic E-state index is 13.3. The molecule has 1 aliphatic heterocycles. The van der Waals surface area contributed by atoms with Crippen molar-refractivity contribution in [2.24, 2.45) is 0 Å². The number of ether oxygens (including phenoxy) is 1. The van der Waals surface area contributed by atoms with Gasteiger partial charge in [0, 0.05) is 11.5 Å². The normalized spacial score (nSPS) is 14.7. The van der Waals surface area contributed by atoms with E-state index in [0.717, 1.165) is 37.5 Å². The summed E-state index contributed by atoms with van der Waals surface area (Å²) >= 11 is 1.57. The van der Waals surface area contributed by atoms with Crippen LogP contribution in [0.1, 0.15) is 11.3 Å². The number of halogens is 1. The number of fused-ring (bicyclic) bond motifs is 3. The number of anilines is 1. The molecule has 0 radical (unpaired) electrons. The first-order valence-electron chi connectivity index (χ1n) is 8.64. The standard InChI is InChI=1S/C19H16FN5OS/c1-10-11(2)23-24-19-15(10)16-17(27-19)18(22-9-21-16)25-7-14(8-25)26-13-5-3-4-12(20)6-13/h3-6,9,14H,7-8H2,1-2H3. The quantitative estimate of drug-likeness (QED) is 0.540. The van der Waals surface area contributed by atoms with Crippen molar-refractivity contribution in [2.45, 2.75) is 20.0 Å². The summed E-state index contributed by atoms with van der Waals surface area (Å²) in [5, 5.41) is 9.60. The highest BCUT2D eigenvalue weighted by Crippen LogP contribution is 2.39. The summed E-state index contributed by atoms with van der Waals surface area (Å²) in [6, 6.07) is 6.23. The molecule has 5 rings (SSSR count). The van der Waals surface area contributed by atoms with Crippen molar-refractivity contribution in [1.29, 1.82) is 0 Å². The summed E-state index contributed by atoms with van der Waals surface area (Å²) in [6.45, 7) is 5.39. The van der Waals surface area contributed by atoms with Gasteiger partial charge in [0.1, 0.15) is 34.6 Å². The zero-order chi connectivity index (χ0) is 18.5. The van der Waals surface area contributed by atoms with Gasteiger partial charge >= 0.3 is 0 Å². The van der Waals surface area contributed by atoms with Crippen molar-refractivity contribution in [3.05, 3.63) is 47.7 Å². The fraction of sp³-hybridized carbons (Fsp3) is 0.263. The van der Waals surface area contributed by atoms with Gasteiger partial charge in [-0.1, -0.05) is 6.07 Å². The molecule has 0 spiro atoms. The second-order valence-corrected chi connectivity index (χ2v) is 7.67. The summed E-state index contributed by atoms with van der Waals surface area (Å²) in [5.74, 6) is 1.15. The number of rotatable bonds is 3. The van der Waals surface area contributed by atoms with Crippen molar-refractivity contribution >= 4 is 37.6 Å². The zero-order valence-electron chi connectivity index (χ0n) is 14.8. The summed E-state index contributed by atoms with van der Waals surface area (Å²) < 4.78 is 20.2. The lowest BCUT2D eigenvalue weighted by molar-refractivity contribution is 0.166. The molecular formula is C19H16FN5OS. The van der Waals surface area contributed by atoms with E-state index < -0.39 is 0 Å². The molecule has 6 nitrogen and oxygen atoms in total. The van der Waals surface area contributed by atoms with Crippen LogP contribution in [0.2, 0.25) is 0 Å². The van der Waals surface area contributed by atoms with Crippen LogP contribution in [-0.4, -0.2) is 39.4 Å². The molecule has 1 saturated heterocycles. The van der Waals surface area contributed by atoms with Crippen LogP contribution >= 0.6 is 11.3 Å². The molecule has 4 aromatic rings. The molecule has 4 heterocycles. The molecule has 0 amide bonds. The topological polar surface area (TPSA) is 64.0 Å². The van der Waals surface area contributed by atoms with Crippen LogP contribution in [0.5, 0.6) is 5.75 Å². The van der Waals surface area contributed by atoms with E-state index in [1.165, 1.54) is 12.1 Å². The lowest BCUT2D eigenvalue weighted by Gasteiger charge is -2.39. The van der Waals surface area contributed by atoms with Crippen LogP contribution in [0.25, 0.3) is 20.4 Å². The minimum absolute atomic E-state index is 0.00923. The molecule has 0 N–H and O–H groups in total. The second-order valence-electron chi connectivity index (χ2n) is 6.67. The Bertz CT molecular complexity index is 1170. The monoisotopic (exact) mass is 381 g/mol. The maximum Gasteiger partial charge on any atom is 0.150 e. The van der Waals surface area contributed by atoms with Crippen LogP contribution in [0.4, 0.5) is 10.2 Å². The van der Waals surface area contributed by atoms with Gasteiger partial charge in [-0.3, -0.25) is 0 Å². The van der Waals surface area contributed by atoms with E-state index in [-0.39, 0.29) is 11.9 Å². The van der Waals surface area contributed by atoms with Crippen molar-refractivity contribution in [3.8, 4) is 5.75 Å². The van der Waals surface area contributed by atoms with Crippen LogP contribution < -0.4 is 9.64 Å². The molecular weight excluding hydrogens is 365 g/mol. The van der Waals surface area contributed by atoms with Gasteiger partial charge in [0.25, 0.3) is 0 Å². The average molecular weight is 381 g/mol. The number of benzene rings is 1. The first-order valence-corrected chi connectivity index (χ1v) is 9.46. The predicted octanol–water partition coefficient (Wildman–Crippen LogP) is 3.66. The van der Waals surface area contributed by atoms with Gasteiger partial charge in [-0.15, -0.1) is 16.4 Å². The van der Waals surface area contributed by atoms with Crippen LogP contribution in [0, 0.1) is 19.7 Å². The lowest BCUT2D eigenvalue weighted by Crippen LogP contribution is -2.54. The lowest BCUT2D eigenvalue weighted by atomic mass is 10.1. The van der Waals surface area contributed by atoms with Gasteiger partial charge in [-0.2, -0.15) is 5.10 Å². The number of aryl methyl sites for hydroxylation is 2. The number of hydrogen-bond acceptors (Lipinski definition) is 7. The second kappa shape index (κ2) is 6.09. The summed E-state index contributed by atoms with van der Waals surface area (Å²) in [4.78, 5) is 12.0. The van der Waals surface area contributed by atoms with E-state index in [1.54, 1.807) is 29.8 Å². The average Bonchev–Trinajstić information content (AvgIpc) is 3.00. The van der Waals surface area contributed by atoms with Crippen LogP contribution in [-0.2, 0) is 0 Å². The molecule has 3 aromatic heterocycles. The first kappa shape index (κ1) is 16.3. The van der Waals surface area contributed by atoms with Crippen molar-refractivity contribution in [3.63, 3.8) is 0 Å². The van der Waals surface area contributed by atoms with Gasteiger partial charge < -0.3 is 9.64 Å².